The van der Waals surface area contributed by atoms with Gasteiger partial charge in [-0.15, -0.1) is 10.2 Å². The number of hydrogen-bond acceptors (Lipinski definition) is 5. The number of carbonyl (C=O) groups excluding carboxylic acids is 1. The van der Waals surface area contributed by atoms with Gasteiger partial charge >= 0.3 is 0 Å². The van der Waals surface area contributed by atoms with Crippen molar-refractivity contribution >= 4 is 5.91 Å². The highest BCUT2D eigenvalue weighted by Gasteiger charge is 2.29. The van der Waals surface area contributed by atoms with E-state index in [1.165, 1.54) is 6.07 Å². The monoisotopic (exact) mass is 359 g/mol. The number of amides is 1. The van der Waals surface area contributed by atoms with E-state index in [9.17, 15) is 14.7 Å². The zero-order valence-electron chi connectivity index (χ0n) is 15.4. The molecule has 3 rings (SSSR count). The molecule has 1 saturated heterocycles. The van der Waals surface area contributed by atoms with Crippen molar-refractivity contribution < 1.29 is 9.90 Å². The largest absolute Gasteiger partial charge is 0.388 e. The average molecular weight is 359 g/mol. The minimum Gasteiger partial charge on any atom is -0.388 e. The molecule has 2 aromatic heterocycles. The van der Waals surface area contributed by atoms with Crippen LogP contribution in [0.15, 0.2) is 16.9 Å². The van der Waals surface area contributed by atoms with Crippen LogP contribution in [0.25, 0.3) is 0 Å². The first-order valence-corrected chi connectivity index (χ1v) is 8.93. The summed E-state index contributed by atoms with van der Waals surface area (Å²) in [6, 6.07) is 3.03. The second-order valence-corrected chi connectivity index (χ2v) is 7.06. The summed E-state index contributed by atoms with van der Waals surface area (Å²) in [7, 11) is 1.85. The molecule has 0 radical (unpaired) electrons. The van der Waals surface area contributed by atoms with Gasteiger partial charge in [0, 0.05) is 37.8 Å². The molecule has 2 N–H and O–H groups in total. The Kier molecular flexibility index (Phi) is 5.22. The molecule has 1 aliphatic rings. The van der Waals surface area contributed by atoms with Crippen LogP contribution in [-0.4, -0.2) is 48.8 Å². The van der Waals surface area contributed by atoms with Crippen molar-refractivity contribution in [2.45, 2.75) is 45.1 Å². The molecule has 0 unspecified atom stereocenters. The van der Waals surface area contributed by atoms with Gasteiger partial charge in [0.2, 0.25) is 5.56 Å². The molecule has 0 saturated carbocycles. The standard InChI is InChI=1S/C18H25N5O3/c1-11(2)16-13(4-5-15(25)19-16)18(26)23-8-6-12(7-9-23)17-21-20-14(10-24)22(17)3/h4-5,11-12,24H,6-10H2,1-3H3,(H,19,25). The number of carbonyl (C=O) groups is 1. The van der Waals surface area contributed by atoms with E-state index in [2.05, 4.69) is 15.2 Å². The van der Waals surface area contributed by atoms with Crippen LogP contribution in [0.4, 0.5) is 0 Å². The van der Waals surface area contributed by atoms with Gasteiger partial charge in [0.25, 0.3) is 5.91 Å². The van der Waals surface area contributed by atoms with Crippen LogP contribution in [0.2, 0.25) is 0 Å². The zero-order chi connectivity index (χ0) is 18.8. The summed E-state index contributed by atoms with van der Waals surface area (Å²) < 4.78 is 1.83. The van der Waals surface area contributed by atoms with Crippen LogP contribution in [0, 0.1) is 0 Å². The maximum Gasteiger partial charge on any atom is 0.255 e. The predicted molar refractivity (Wildman–Crippen MR) is 96.0 cm³/mol. The Bertz CT molecular complexity index is 847. The van der Waals surface area contributed by atoms with Gasteiger partial charge in [0.1, 0.15) is 12.4 Å². The Morgan fingerprint density at radius 2 is 2.00 bits per heavy atom. The van der Waals surface area contributed by atoms with Crippen molar-refractivity contribution in [1.82, 2.24) is 24.6 Å². The fourth-order valence-corrected chi connectivity index (χ4v) is 3.51. The number of nitrogens with one attached hydrogen (secondary N) is 1. The Hall–Kier alpha value is -2.48. The average Bonchev–Trinajstić information content (AvgIpc) is 3.01. The lowest BCUT2D eigenvalue weighted by Crippen LogP contribution is -2.39. The molecule has 0 aliphatic carbocycles. The van der Waals surface area contributed by atoms with Gasteiger partial charge in [-0.2, -0.15) is 0 Å². The molecule has 1 amide bonds. The first kappa shape index (κ1) is 18.3. The van der Waals surface area contributed by atoms with E-state index in [-0.39, 0.29) is 29.9 Å². The van der Waals surface area contributed by atoms with Crippen molar-refractivity contribution in [2.24, 2.45) is 7.05 Å². The maximum absolute atomic E-state index is 12.9. The van der Waals surface area contributed by atoms with Crippen LogP contribution < -0.4 is 5.56 Å². The number of likely N-dealkylation sites (tertiary alicyclic amines) is 1. The fraction of sp³-hybridized carbons (Fsp3) is 0.556. The topological polar surface area (TPSA) is 104 Å². The summed E-state index contributed by atoms with van der Waals surface area (Å²) in [5, 5.41) is 17.5. The van der Waals surface area contributed by atoms with Gasteiger partial charge in [0.05, 0.1) is 5.56 Å². The Labute approximate surface area is 151 Å². The van der Waals surface area contributed by atoms with Crippen molar-refractivity contribution in [1.29, 1.82) is 0 Å². The Morgan fingerprint density at radius 3 is 2.58 bits per heavy atom. The van der Waals surface area contributed by atoms with Crippen molar-refractivity contribution in [3.63, 3.8) is 0 Å². The van der Waals surface area contributed by atoms with Crippen molar-refractivity contribution in [2.75, 3.05) is 13.1 Å². The summed E-state index contributed by atoms with van der Waals surface area (Å²) >= 11 is 0. The Morgan fingerprint density at radius 1 is 1.31 bits per heavy atom. The maximum atomic E-state index is 12.9. The summed E-state index contributed by atoms with van der Waals surface area (Å²) in [6.07, 6.45) is 1.59. The van der Waals surface area contributed by atoms with Gasteiger partial charge in [-0.25, -0.2) is 0 Å². The molecule has 1 fully saturated rings. The van der Waals surface area contributed by atoms with Crippen LogP contribution in [0.5, 0.6) is 0 Å². The van der Waals surface area contributed by atoms with E-state index in [0.29, 0.717) is 30.2 Å². The molecule has 140 valence electrons. The van der Waals surface area contributed by atoms with E-state index in [4.69, 9.17) is 0 Å². The van der Waals surface area contributed by atoms with Gasteiger partial charge in [0.15, 0.2) is 5.82 Å². The van der Waals surface area contributed by atoms with Gasteiger partial charge in [-0.3, -0.25) is 9.59 Å². The second-order valence-electron chi connectivity index (χ2n) is 7.06. The molecule has 3 heterocycles. The molecule has 0 aromatic carbocycles. The number of aliphatic hydroxyl groups is 1. The molecule has 1 aliphatic heterocycles. The van der Waals surface area contributed by atoms with E-state index < -0.39 is 0 Å². The highest BCUT2D eigenvalue weighted by Crippen LogP contribution is 2.28. The molecular formula is C18H25N5O3. The second kappa shape index (κ2) is 7.41. The summed E-state index contributed by atoms with van der Waals surface area (Å²) in [6.45, 7) is 5.04. The zero-order valence-corrected chi connectivity index (χ0v) is 15.4. The number of aromatic amines is 1. The normalized spacial score (nSPS) is 15.7. The number of aliphatic hydroxyl groups excluding tert-OH is 1. The molecule has 0 bridgehead atoms. The lowest BCUT2D eigenvalue weighted by atomic mass is 9.94. The highest BCUT2D eigenvalue weighted by atomic mass is 16.3. The predicted octanol–water partition coefficient (Wildman–Crippen LogP) is 1.14. The molecular weight excluding hydrogens is 334 g/mol. The number of piperidine rings is 1. The summed E-state index contributed by atoms with van der Waals surface area (Å²) in [5.41, 5.74) is 1.07. The SMILES string of the molecule is CC(C)c1[nH]c(=O)ccc1C(=O)N1CCC(c2nnc(CO)n2C)CC1. The molecule has 0 spiro atoms. The van der Waals surface area contributed by atoms with E-state index in [1.54, 1.807) is 6.07 Å². The summed E-state index contributed by atoms with van der Waals surface area (Å²) in [4.78, 5) is 29.2. The van der Waals surface area contributed by atoms with Crippen molar-refractivity contribution in [3.05, 3.63) is 45.4 Å². The van der Waals surface area contributed by atoms with Gasteiger partial charge in [-0.05, 0) is 24.8 Å². The first-order valence-electron chi connectivity index (χ1n) is 8.93. The van der Waals surface area contributed by atoms with Gasteiger partial charge in [-0.1, -0.05) is 13.8 Å². The number of H-pyrrole nitrogens is 1. The number of hydrogen-bond donors (Lipinski definition) is 2. The Balaban J connectivity index is 1.73. The number of pyridine rings is 1. The first-order chi connectivity index (χ1) is 12.4. The molecule has 8 nitrogen and oxygen atoms in total. The molecule has 0 atom stereocenters. The quantitative estimate of drug-likeness (QED) is 0.852. The van der Waals surface area contributed by atoms with E-state index in [1.807, 2.05) is 30.4 Å². The smallest absolute Gasteiger partial charge is 0.255 e. The van der Waals surface area contributed by atoms with Crippen LogP contribution in [0.3, 0.4) is 0 Å². The van der Waals surface area contributed by atoms with E-state index >= 15 is 0 Å². The minimum absolute atomic E-state index is 0.0441. The number of aromatic nitrogens is 4. The van der Waals surface area contributed by atoms with Crippen LogP contribution in [0.1, 0.15) is 66.2 Å². The molecule has 8 heteroatoms. The number of nitrogens with zero attached hydrogens (tertiary/aromatic N) is 4. The molecule has 26 heavy (non-hydrogen) atoms. The van der Waals surface area contributed by atoms with E-state index in [0.717, 1.165) is 18.7 Å². The number of rotatable bonds is 4. The lowest BCUT2D eigenvalue weighted by Gasteiger charge is -2.32. The van der Waals surface area contributed by atoms with Crippen molar-refractivity contribution in [3.8, 4) is 0 Å². The third-order valence-corrected chi connectivity index (χ3v) is 5.04. The van der Waals surface area contributed by atoms with Crippen LogP contribution in [-0.2, 0) is 13.7 Å². The highest BCUT2D eigenvalue weighted by molar-refractivity contribution is 5.95. The van der Waals surface area contributed by atoms with Gasteiger partial charge < -0.3 is 19.6 Å². The third-order valence-electron chi connectivity index (χ3n) is 5.04. The van der Waals surface area contributed by atoms with Crippen LogP contribution >= 0.6 is 0 Å². The lowest BCUT2D eigenvalue weighted by molar-refractivity contribution is 0.0708. The molecule has 2 aromatic rings. The third kappa shape index (κ3) is 3.41. The minimum atomic E-state index is -0.189. The summed E-state index contributed by atoms with van der Waals surface area (Å²) in [5.74, 6) is 1.65. The fourth-order valence-electron chi connectivity index (χ4n) is 3.51.